The highest BCUT2D eigenvalue weighted by molar-refractivity contribution is 6.99. The molecule has 21 nitrogen and oxygen atoms in total. The van der Waals surface area contributed by atoms with Gasteiger partial charge >= 0.3 is 5.97 Å². The van der Waals surface area contributed by atoms with Gasteiger partial charge in [-0.2, -0.15) is 0 Å². The molecule has 0 aliphatic carbocycles. The Morgan fingerprint density at radius 1 is 0.487 bits per heavy atom. The third-order valence-electron chi connectivity index (χ3n) is 21.5. The average Bonchev–Trinajstić information content (AvgIpc) is 0.735. The lowest BCUT2D eigenvalue weighted by molar-refractivity contribution is -0.409. The summed E-state index contributed by atoms with van der Waals surface area (Å²) in [6, 6.07) is 95.5. The zero-order valence-corrected chi connectivity index (χ0v) is 67.3. The fourth-order valence-corrected chi connectivity index (χ4v) is 20.4. The molecular weight excluding hydrogens is 1500 g/mol. The Bertz CT molecular complexity index is 4660. The van der Waals surface area contributed by atoms with Crippen molar-refractivity contribution in [2.75, 3.05) is 19.8 Å². The van der Waals surface area contributed by atoms with Crippen LogP contribution in [0.15, 0.2) is 308 Å². The lowest BCUT2D eigenvalue weighted by Crippen LogP contribution is -2.75. The number of hydrogen-bond donors (Lipinski definition) is 1. The Morgan fingerprint density at radius 3 is 1.34 bits per heavy atom. The van der Waals surface area contributed by atoms with Crippen LogP contribution in [-0.2, 0) is 133 Å². The fourth-order valence-electron chi connectivity index (χ4n) is 15.8. The van der Waals surface area contributed by atoms with Crippen molar-refractivity contribution in [1.29, 1.82) is 0 Å². The average molecular weight is 1600 g/mol. The van der Waals surface area contributed by atoms with E-state index in [0.29, 0.717) is 0 Å². The van der Waals surface area contributed by atoms with Crippen LogP contribution in [-0.4, -0.2) is 138 Å². The summed E-state index contributed by atoms with van der Waals surface area (Å²) >= 11 is 0. The normalized spacial score (nSPS) is 24.4. The maximum absolute atomic E-state index is 16.4. The maximum atomic E-state index is 16.4. The van der Waals surface area contributed by atoms with Crippen molar-refractivity contribution in [3.8, 4) is 0 Å². The van der Waals surface area contributed by atoms with Crippen molar-refractivity contribution in [1.82, 2.24) is 5.32 Å². The summed E-state index contributed by atoms with van der Waals surface area (Å²) in [6.45, 7) is 8.12. The predicted octanol–water partition coefficient (Wildman–Crippen LogP) is 15.0. The van der Waals surface area contributed by atoms with Gasteiger partial charge in [0.15, 0.2) is 18.7 Å². The summed E-state index contributed by atoms with van der Waals surface area (Å²) in [7, 11) is -3.59. The molecule has 4 aliphatic heterocycles. The third kappa shape index (κ3) is 21.5. The van der Waals surface area contributed by atoms with E-state index in [1.165, 1.54) is 6.92 Å². The van der Waals surface area contributed by atoms with Gasteiger partial charge in [-0.3, -0.25) is 4.79 Å². The van der Waals surface area contributed by atoms with Crippen LogP contribution in [0.4, 0.5) is 0 Å². The molecule has 0 unspecified atom stereocenters. The van der Waals surface area contributed by atoms with Crippen LogP contribution in [0, 0.1) is 0 Å². The molecule has 0 bridgehead atoms. The minimum Gasteiger partial charge on any atom is -0.453 e. The highest BCUT2D eigenvalue weighted by Gasteiger charge is 2.66. The molecule has 4 saturated heterocycles. The highest BCUT2D eigenvalue weighted by atomic mass is 28.4. The molecule has 10 aromatic carbocycles. The summed E-state index contributed by atoms with van der Waals surface area (Å²) in [5.74, 6) is -3.77. The summed E-state index contributed by atoms with van der Waals surface area (Å²) in [5.41, 5.74) is 17.8. The largest absolute Gasteiger partial charge is 0.453 e. The number of azide groups is 1. The van der Waals surface area contributed by atoms with E-state index in [4.69, 9.17) is 70.7 Å². The highest BCUT2D eigenvalue weighted by Crippen LogP contribution is 2.47. The molecule has 608 valence electrons. The van der Waals surface area contributed by atoms with E-state index in [1.807, 2.05) is 279 Å². The number of hydrogen-bond acceptors (Lipinski definition) is 18. The lowest BCUT2D eigenvalue weighted by atomic mass is 9.86. The van der Waals surface area contributed by atoms with E-state index < -0.39 is 123 Å². The van der Waals surface area contributed by atoms with Crippen LogP contribution in [0.5, 0.6) is 0 Å². The van der Waals surface area contributed by atoms with Crippen molar-refractivity contribution in [2.24, 2.45) is 5.11 Å². The van der Waals surface area contributed by atoms with Crippen molar-refractivity contribution >= 4 is 30.6 Å². The number of nitrogens with one attached hydrogen (secondary N) is 1. The van der Waals surface area contributed by atoms with Crippen molar-refractivity contribution in [3.63, 3.8) is 0 Å². The molecule has 10 aromatic rings. The standard InChI is InChI=1S/C95H102N4O17Si/c1-67(100)97-82-78(105-59-71-41-21-8-22-42-71)55-95(114-88(82)84(107-61-73-45-25-10-26-46-73)79(106-60-72-43-23-9-24-44-72)64-102-56-68-35-15-5-16-36-68)93(101)113-86-81(66-104-58-70-39-19-7-20-40-70)111-92(90(89(86)115-95)109-63-75-49-29-12-30-50-75)112-85-80(65-103-57-69-37-17-6-18-38-69)110-91(83(98-99-96)87(85)108-62-74-47-27-11-28-48-74)116-117(94(2,3)4,76-51-31-13-32-52-76)77-53-33-14-34-54-77/h5-54,78-92H,55-66H2,1-4H3,(H,97,100)/t78-,79+,80+,81+,82+,83+,84+,85+,86-,87+,88+,89-,90+,91-,92-,95-/m0/s1. The number of carbonyl (C=O) groups is 2. The quantitative estimate of drug-likeness (QED) is 0.0125. The van der Waals surface area contributed by atoms with Crippen molar-refractivity contribution in [2.45, 2.75) is 190 Å². The van der Waals surface area contributed by atoms with Crippen LogP contribution >= 0.6 is 0 Å². The fraction of sp³-hybridized carbons (Fsp3) is 0.347. The van der Waals surface area contributed by atoms with E-state index in [9.17, 15) is 10.3 Å². The van der Waals surface area contributed by atoms with Crippen LogP contribution in [0.3, 0.4) is 0 Å². The van der Waals surface area contributed by atoms with Crippen LogP contribution in [0.1, 0.15) is 78.6 Å². The van der Waals surface area contributed by atoms with E-state index in [2.05, 4.69) is 60.4 Å². The number of carbonyl (C=O) groups excluding carboxylic acids is 2. The summed E-state index contributed by atoms with van der Waals surface area (Å²) < 4.78 is 109. The molecule has 117 heavy (non-hydrogen) atoms. The third-order valence-corrected chi connectivity index (χ3v) is 26.5. The van der Waals surface area contributed by atoms with Crippen LogP contribution in [0.25, 0.3) is 10.4 Å². The van der Waals surface area contributed by atoms with Gasteiger partial charge in [-0.25, -0.2) is 4.79 Å². The molecule has 1 N–H and O–H groups in total. The minimum absolute atomic E-state index is 0.00683. The first-order chi connectivity index (χ1) is 57.3. The maximum Gasteiger partial charge on any atom is 0.367 e. The van der Waals surface area contributed by atoms with Gasteiger partial charge in [-0.15, -0.1) is 0 Å². The number of rotatable bonds is 37. The SMILES string of the molecule is CC(=O)N[C@H]1[C@H]([C@H](OCc2ccccc2)[C@@H](COCc2ccccc2)OCc2ccccc2)O[C@@]2(C[C@@H]1OCc1ccccc1)O[C@H]1[C@@H](OC2=O)[C@@H](COCc2ccccc2)O[C@@H](O[C@H]2[C@H](OCc3ccccc3)[C@@H](N=[N+]=[N-])[C@H](O[Si](c3ccccc3)(c3ccccc3)C(C)(C)C)O[C@@H]2COCc2ccccc2)[C@@H]1OCc1ccccc1. The van der Waals surface area contributed by atoms with E-state index in [1.54, 1.807) is 0 Å². The first-order valence-corrected chi connectivity index (χ1v) is 42.0. The zero-order chi connectivity index (χ0) is 80.7. The number of benzene rings is 10. The lowest BCUT2D eigenvalue weighted by Gasteiger charge is -2.56. The van der Waals surface area contributed by atoms with E-state index >= 15 is 4.79 Å². The van der Waals surface area contributed by atoms with Gasteiger partial charge in [-0.05, 0) is 65.5 Å². The molecule has 22 heteroatoms. The number of esters is 1. The van der Waals surface area contributed by atoms with Crippen LogP contribution in [0.2, 0.25) is 5.04 Å². The Kier molecular flexibility index (Phi) is 29.3. The Labute approximate surface area is 685 Å². The molecule has 0 saturated carbocycles. The van der Waals surface area contributed by atoms with Gasteiger partial charge in [0.1, 0.15) is 61.0 Å². The minimum atomic E-state index is -3.59. The number of amides is 1. The van der Waals surface area contributed by atoms with E-state index in [-0.39, 0.29) is 79.1 Å². The second-order valence-corrected chi connectivity index (χ2v) is 35.1. The molecule has 16 atom stereocenters. The molecule has 1 amide bonds. The molecular formula is C95H102N4O17Si. The van der Waals surface area contributed by atoms with Gasteiger partial charge in [0, 0.05) is 18.3 Å². The van der Waals surface area contributed by atoms with E-state index in [0.717, 1.165) is 54.9 Å². The monoisotopic (exact) mass is 1600 g/mol. The first kappa shape index (κ1) is 83.6. The molecule has 0 aromatic heterocycles. The number of nitrogens with zero attached hydrogens (tertiary/aromatic N) is 3. The molecule has 1 spiro atoms. The zero-order valence-electron chi connectivity index (χ0n) is 66.3. The van der Waals surface area contributed by atoms with Crippen molar-refractivity contribution < 1.29 is 80.3 Å². The smallest absolute Gasteiger partial charge is 0.367 e. The van der Waals surface area contributed by atoms with Gasteiger partial charge < -0.3 is 76.1 Å². The summed E-state index contributed by atoms with van der Waals surface area (Å²) in [5, 5.41) is 9.20. The topological polar surface area (TPSA) is 233 Å². The second kappa shape index (κ2) is 41.0. The van der Waals surface area contributed by atoms with Gasteiger partial charge in [-0.1, -0.05) is 329 Å². The summed E-state index contributed by atoms with van der Waals surface area (Å²) in [6.07, 6.45) is -16.7. The molecule has 0 radical (unpaired) electrons. The van der Waals surface area contributed by atoms with Gasteiger partial charge in [0.25, 0.3) is 14.1 Å². The molecule has 4 fully saturated rings. The predicted molar refractivity (Wildman–Crippen MR) is 442 cm³/mol. The number of fused-ring (bicyclic) bond motifs is 1. The van der Waals surface area contributed by atoms with Gasteiger partial charge in [0.05, 0.1) is 84.8 Å². The Morgan fingerprint density at radius 2 is 0.889 bits per heavy atom. The molecule has 14 rings (SSSR count). The van der Waals surface area contributed by atoms with Gasteiger partial charge in [0.2, 0.25) is 5.91 Å². The molecule has 4 heterocycles. The Hall–Kier alpha value is -9.89. The summed E-state index contributed by atoms with van der Waals surface area (Å²) in [4.78, 5) is 34.2. The number of ether oxygens (including phenoxy) is 14. The Balaban J connectivity index is 0.912. The van der Waals surface area contributed by atoms with Crippen LogP contribution < -0.4 is 15.7 Å². The first-order valence-electron chi connectivity index (χ1n) is 40.1. The van der Waals surface area contributed by atoms with Crippen molar-refractivity contribution in [3.05, 3.63) is 358 Å². The second-order valence-electron chi connectivity index (χ2n) is 30.8. The molecule has 4 aliphatic rings.